The van der Waals surface area contributed by atoms with Gasteiger partial charge in [0.15, 0.2) is 10.8 Å². The van der Waals surface area contributed by atoms with Crippen molar-refractivity contribution in [2.24, 2.45) is 0 Å². The van der Waals surface area contributed by atoms with Crippen LogP contribution in [0.15, 0.2) is 23.7 Å². The number of nitrogens with zero attached hydrogens (tertiary/aromatic N) is 3. The van der Waals surface area contributed by atoms with Crippen LogP contribution in [0.4, 0.5) is 0 Å². The first-order valence-electron chi connectivity index (χ1n) is 4.41. The molecular weight excluding hydrogens is 248 g/mol. The van der Waals surface area contributed by atoms with Gasteiger partial charge < -0.3 is 5.32 Å². The van der Waals surface area contributed by atoms with E-state index in [0.29, 0.717) is 6.54 Å². The fourth-order valence-corrected chi connectivity index (χ4v) is 1.68. The van der Waals surface area contributed by atoms with Crippen LogP contribution >= 0.6 is 22.9 Å². The Hall–Kier alpha value is -1.53. The van der Waals surface area contributed by atoms with Crippen molar-refractivity contribution in [1.29, 1.82) is 0 Å². The fraction of sp³-hybridized carbons (Fsp3) is 0.111. The van der Waals surface area contributed by atoms with Crippen LogP contribution in [0.2, 0.25) is 5.15 Å². The molecule has 0 bridgehead atoms. The van der Waals surface area contributed by atoms with Crippen molar-refractivity contribution in [2.45, 2.75) is 6.54 Å². The third-order valence-electron chi connectivity index (χ3n) is 1.75. The highest BCUT2D eigenvalue weighted by Crippen LogP contribution is 2.04. The summed E-state index contributed by atoms with van der Waals surface area (Å²) in [5.74, 6) is -0.292. The van der Waals surface area contributed by atoms with Crippen molar-refractivity contribution >= 4 is 28.8 Å². The molecule has 1 N–H and O–H groups in total. The lowest BCUT2D eigenvalue weighted by Gasteiger charge is -2.01. The number of carbonyl (C=O) groups excluding carboxylic acids is 1. The van der Waals surface area contributed by atoms with Crippen molar-refractivity contribution in [2.75, 3.05) is 0 Å². The second kappa shape index (κ2) is 5.00. The minimum absolute atomic E-state index is 0.237. The molecule has 0 saturated heterocycles. The largest absolute Gasteiger partial charge is 0.344 e. The molecule has 0 aliphatic carbocycles. The van der Waals surface area contributed by atoms with Gasteiger partial charge in [0, 0.05) is 11.6 Å². The van der Waals surface area contributed by atoms with Crippen molar-refractivity contribution in [3.05, 3.63) is 39.6 Å². The Morgan fingerprint density at radius 3 is 2.94 bits per heavy atom. The number of rotatable bonds is 3. The molecule has 0 saturated carbocycles. The maximum absolute atomic E-state index is 11.6. The van der Waals surface area contributed by atoms with Gasteiger partial charge in [0.2, 0.25) is 0 Å². The predicted octanol–water partition coefficient (Wildman–Crippen LogP) is 1.52. The maximum atomic E-state index is 11.6. The van der Waals surface area contributed by atoms with Gasteiger partial charge in [-0.2, -0.15) is 0 Å². The van der Waals surface area contributed by atoms with Gasteiger partial charge in [-0.3, -0.25) is 4.79 Å². The van der Waals surface area contributed by atoms with Gasteiger partial charge in [0.25, 0.3) is 5.91 Å². The van der Waals surface area contributed by atoms with Crippen molar-refractivity contribution in [1.82, 2.24) is 20.5 Å². The zero-order valence-electron chi connectivity index (χ0n) is 8.05. The van der Waals surface area contributed by atoms with E-state index in [0.717, 1.165) is 5.01 Å². The molecule has 2 aromatic rings. The van der Waals surface area contributed by atoms with Gasteiger partial charge in [0.1, 0.15) is 5.01 Å². The van der Waals surface area contributed by atoms with E-state index in [2.05, 4.69) is 20.5 Å². The van der Waals surface area contributed by atoms with Crippen molar-refractivity contribution < 1.29 is 4.79 Å². The lowest BCUT2D eigenvalue weighted by molar-refractivity contribution is 0.0945. The Morgan fingerprint density at radius 2 is 2.31 bits per heavy atom. The van der Waals surface area contributed by atoms with Gasteiger partial charge in [-0.25, -0.2) is 4.98 Å². The van der Waals surface area contributed by atoms with Crippen LogP contribution in [0.5, 0.6) is 0 Å². The quantitative estimate of drug-likeness (QED) is 0.902. The molecule has 7 heteroatoms. The normalized spacial score (nSPS) is 10.1. The Morgan fingerprint density at radius 1 is 1.44 bits per heavy atom. The number of thiazole rings is 1. The summed E-state index contributed by atoms with van der Waals surface area (Å²) in [6, 6.07) is 3.04. The highest BCUT2D eigenvalue weighted by molar-refractivity contribution is 7.09. The fourth-order valence-electron chi connectivity index (χ4n) is 1.02. The van der Waals surface area contributed by atoms with E-state index < -0.39 is 0 Å². The van der Waals surface area contributed by atoms with E-state index >= 15 is 0 Å². The van der Waals surface area contributed by atoms with E-state index in [-0.39, 0.29) is 16.8 Å². The highest BCUT2D eigenvalue weighted by Gasteiger charge is 2.07. The Kier molecular flexibility index (Phi) is 3.43. The summed E-state index contributed by atoms with van der Waals surface area (Å²) in [4.78, 5) is 15.6. The van der Waals surface area contributed by atoms with Gasteiger partial charge in [-0.05, 0) is 12.1 Å². The first-order chi connectivity index (χ1) is 7.75. The van der Waals surface area contributed by atoms with E-state index in [4.69, 9.17) is 11.6 Å². The van der Waals surface area contributed by atoms with E-state index in [1.807, 2.05) is 5.38 Å². The van der Waals surface area contributed by atoms with Gasteiger partial charge in [0.05, 0.1) is 6.54 Å². The third-order valence-corrected chi connectivity index (χ3v) is 2.73. The van der Waals surface area contributed by atoms with E-state index in [1.165, 1.54) is 23.5 Å². The van der Waals surface area contributed by atoms with Gasteiger partial charge in [-0.15, -0.1) is 21.5 Å². The molecule has 2 rings (SSSR count). The lowest BCUT2D eigenvalue weighted by Crippen LogP contribution is -2.23. The molecule has 82 valence electrons. The number of carbonyl (C=O) groups is 1. The monoisotopic (exact) mass is 254 g/mol. The number of amides is 1. The SMILES string of the molecule is O=C(NCc1nccs1)c1ccc(Cl)nn1. The molecule has 1 amide bonds. The molecule has 2 heterocycles. The molecular formula is C9H7ClN4OS. The maximum Gasteiger partial charge on any atom is 0.272 e. The van der Waals surface area contributed by atoms with E-state index in [9.17, 15) is 4.79 Å². The topological polar surface area (TPSA) is 67.8 Å². The summed E-state index contributed by atoms with van der Waals surface area (Å²) < 4.78 is 0. The lowest BCUT2D eigenvalue weighted by atomic mass is 10.4. The van der Waals surface area contributed by atoms with Crippen LogP contribution in [0.1, 0.15) is 15.5 Å². The van der Waals surface area contributed by atoms with Crippen molar-refractivity contribution in [3.63, 3.8) is 0 Å². The molecule has 0 unspecified atom stereocenters. The highest BCUT2D eigenvalue weighted by atomic mass is 35.5. The van der Waals surface area contributed by atoms with Crippen molar-refractivity contribution in [3.8, 4) is 0 Å². The molecule has 0 aromatic carbocycles. The Labute approximate surface area is 101 Å². The standard InChI is InChI=1S/C9H7ClN4OS/c10-7-2-1-6(13-14-7)9(15)12-5-8-11-3-4-16-8/h1-4H,5H2,(H,12,15). The zero-order valence-corrected chi connectivity index (χ0v) is 9.63. The average Bonchev–Trinajstić information content (AvgIpc) is 2.80. The van der Waals surface area contributed by atoms with Crippen LogP contribution < -0.4 is 5.32 Å². The molecule has 2 aromatic heterocycles. The molecule has 16 heavy (non-hydrogen) atoms. The molecule has 5 nitrogen and oxygen atoms in total. The molecule has 0 atom stereocenters. The summed E-state index contributed by atoms with van der Waals surface area (Å²) in [6.07, 6.45) is 1.69. The molecule has 0 aliphatic heterocycles. The summed E-state index contributed by atoms with van der Waals surface area (Å²) in [7, 11) is 0. The van der Waals surface area contributed by atoms with Crippen LogP contribution in [0.3, 0.4) is 0 Å². The first kappa shape index (κ1) is 11.0. The van der Waals surface area contributed by atoms with Crippen LogP contribution in [-0.4, -0.2) is 21.1 Å². The number of hydrogen-bond donors (Lipinski definition) is 1. The van der Waals surface area contributed by atoms with Gasteiger partial charge in [-0.1, -0.05) is 11.6 Å². The summed E-state index contributed by atoms with van der Waals surface area (Å²) in [5.41, 5.74) is 0.237. The number of hydrogen-bond acceptors (Lipinski definition) is 5. The summed E-state index contributed by atoms with van der Waals surface area (Å²) in [6.45, 7) is 0.390. The minimum atomic E-state index is -0.292. The molecule has 0 spiro atoms. The van der Waals surface area contributed by atoms with Gasteiger partial charge >= 0.3 is 0 Å². The second-order valence-corrected chi connectivity index (χ2v) is 4.22. The first-order valence-corrected chi connectivity index (χ1v) is 5.67. The number of halogens is 1. The van der Waals surface area contributed by atoms with Crippen LogP contribution in [0.25, 0.3) is 0 Å². The predicted molar refractivity (Wildman–Crippen MR) is 60.3 cm³/mol. The number of nitrogens with one attached hydrogen (secondary N) is 1. The molecule has 0 radical (unpaired) electrons. The second-order valence-electron chi connectivity index (χ2n) is 2.85. The Balaban J connectivity index is 1.95. The minimum Gasteiger partial charge on any atom is -0.344 e. The smallest absolute Gasteiger partial charge is 0.272 e. The van der Waals surface area contributed by atoms with Crippen LogP contribution in [0, 0.1) is 0 Å². The number of aromatic nitrogens is 3. The molecule has 0 aliphatic rings. The summed E-state index contributed by atoms with van der Waals surface area (Å²) in [5, 5.41) is 12.9. The third kappa shape index (κ3) is 2.74. The van der Waals surface area contributed by atoms with Crippen LogP contribution in [-0.2, 0) is 6.54 Å². The average molecular weight is 255 g/mol. The Bertz CT molecular complexity index is 471. The van der Waals surface area contributed by atoms with E-state index in [1.54, 1.807) is 6.20 Å². The summed E-state index contributed by atoms with van der Waals surface area (Å²) >= 11 is 7.04. The molecule has 0 fully saturated rings. The zero-order chi connectivity index (χ0) is 11.4.